The number of anilines is 1. The molecule has 9 nitrogen and oxygen atoms in total. The highest BCUT2D eigenvalue weighted by molar-refractivity contribution is 7.92. The Morgan fingerprint density at radius 1 is 0.853 bits per heavy atom. The van der Waals surface area contributed by atoms with Gasteiger partial charge in [0.1, 0.15) is 11.5 Å². The Kier molecular flexibility index (Phi) is 8.10. The van der Waals surface area contributed by atoms with Gasteiger partial charge >= 0.3 is 0 Å². The van der Waals surface area contributed by atoms with Gasteiger partial charge in [-0.05, 0) is 80.1 Å². The van der Waals surface area contributed by atoms with Crippen molar-refractivity contribution in [3.8, 4) is 11.5 Å². The maximum Gasteiger partial charge on any atom is 0.276 e. The van der Waals surface area contributed by atoms with Crippen LogP contribution < -0.4 is 25.0 Å². The average Bonchev–Trinajstić information content (AvgIpc) is 2.82. The van der Waals surface area contributed by atoms with E-state index >= 15 is 0 Å². The van der Waals surface area contributed by atoms with Gasteiger partial charge in [0, 0.05) is 11.3 Å². The number of hydrogen-bond donors (Lipinski definition) is 3. The van der Waals surface area contributed by atoms with Crippen molar-refractivity contribution in [2.45, 2.75) is 18.7 Å². The summed E-state index contributed by atoms with van der Waals surface area (Å²) < 4.78 is 38.3. The fourth-order valence-electron chi connectivity index (χ4n) is 2.87. The van der Waals surface area contributed by atoms with E-state index in [2.05, 4.69) is 15.6 Å². The Morgan fingerprint density at radius 2 is 1.56 bits per heavy atom. The van der Waals surface area contributed by atoms with E-state index in [1.807, 2.05) is 26.0 Å². The molecule has 0 bridgehead atoms. The van der Waals surface area contributed by atoms with E-state index in [-0.39, 0.29) is 22.8 Å². The van der Waals surface area contributed by atoms with Gasteiger partial charge in [0.25, 0.3) is 21.8 Å². The summed E-state index contributed by atoms with van der Waals surface area (Å²) >= 11 is 0. The van der Waals surface area contributed by atoms with Crippen molar-refractivity contribution in [1.29, 1.82) is 0 Å². The predicted octanol–water partition coefficient (Wildman–Crippen LogP) is 3.03. The van der Waals surface area contributed by atoms with Crippen LogP contribution in [0.1, 0.15) is 22.8 Å². The number of hydrogen-bond acceptors (Lipinski definition) is 6. The molecule has 2 amide bonds. The van der Waals surface area contributed by atoms with Gasteiger partial charge < -0.3 is 9.47 Å². The zero-order chi connectivity index (χ0) is 24.6. The molecular weight excluding hydrogens is 458 g/mol. The molecule has 3 aromatic rings. The standard InChI is InChI=1S/C24H25N3O6S/c1-3-32-20-11-13-22(14-12-20)34(30,31)27-19-9-7-18(8-10-19)24(29)26-25-23(28)16-33-21-6-4-5-17(2)15-21/h4-15,27H,3,16H2,1-2H3,(H,25,28)(H,26,29). The largest absolute Gasteiger partial charge is 0.494 e. The Balaban J connectivity index is 1.51. The minimum atomic E-state index is -3.81. The number of aryl methyl sites for hydroxylation is 1. The van der Waals surface area contributed by atoms with Gasteiger partial charge in [-0.25, -0.2) is 8.42 Å². The van der Waals surface area contributed by atoms with E-state index in [0.717, 1.165) is 5.56 Å². The molecule has 0 aliphatic carbocycles. The van der Waals surface area contributed by atoms with Crippen LogP contribution in [0.15, 0.2) is 77.7 Å². The fraction of sp³-hybridized carbons (Fsp3) is 0.167. The molecule has 3 aromatic carbocycles. The lowest BCUT2D eigenvalue weighted by Crippen LogP contribution is -2.43. The van der Waals surface area contributed by atoms with Crippen molar-refractivity contribution in [3.05, 3.63) is 83.9 Å². The van der Waals surface area contributed by atoms with Crippen molar-refractivity contribution >= 4 is 27.5 Å². The quantitative estimate of drug-likeness (QED) is 0.402. The smallest absolute Gasteiger partial charge is 0.276 e. The minimum absolute atomic E-state index is 0.0772. The van der Waals surface area contributed by atoms with Crippen LogP contribution in [0.3, 0.4) is 0 Å². The minimum Gasteiger partial charge on any atom is -0.494 e. The van der Waals surface area contributed by atoms with Crippen LogP contribution in [-0.4, -0.2) is 33.4 Å². The summed E-state index contributed by atoms with van der Waals surface area (Å²) in [6.45, 7) is 3.96. The summed E-state index contributed by atoms with van der Waals surface area (Å²) in [5.74, 6) is 0.0230. The van der Waals surface area contributed by atoms with Crippen molar-refractivity contribution in [2.24, 2.45) is 0 Å². The average molecular weight is 484 g/mol. The third kappa shape index (κ3) is 6.97. The van der Waals surface area contributed by atoms with Crippen LogP contribution in [0.25, 0.3) is 0 Å². The number of hydrazine groups is 1. The predicted molar refractivity (Wildman–Crippen MR) is 127 cm³/mol. The van der Waals surface area contributed by atoms with Crippen molar-refractivity contribution in [3.63, 3.8) is 0 Å². The fourth-order valence-corrected chi connectivity index (χ4v) is 3.93. The molecule has 0 atom stereocenters. The van der Waals surface area contributed by atoms with Crippen LogP contribution in [-0.2, 0) is 14.8 Å². The normalized spacial score (nSPS) is 10.8. The number of nitrogens with one attached hydrogen (secondary N) is 3. The van der Waals surface area contributed by atoms with Crippen molar-refractivity contribution < 1.29 is 27.5 Å². The molecule has 0 unspecified atom stereocenters. The third-order valence-corrected chi connectivity index (χ3v) is 5.92. The van der Waals surface area contributed by atoms with Gasteiger partial charge in [-0.3, -0.25) is 25.2 Å². The Hall–Kier alpha value is -4.05. The van der Waals surface area contributed by atoms with Crippen LogP contribution in [0.4, 0.5) is 5.69 Å². The molecule has 0 saturated carbocycles. The summed E-state index contributed by atoms with van der Waals surface area (Å²) in [5.41, 5.74) is 6.06. The molecule has 34 heavy (non-hydrogen) atoms. The number of rotatable bonds is 9. The summed E-state index contributed by atoms with van der Waals surface area (Å²) in [7, 11) is -3.81. The number of carbonyl (C=O) groups excluding carboxylic acids is 2. The molecule has 0 spiro atoms. The van der Waals surface area contributed by atoms with E-state index in [1.165, 1.54) is 36.4 Å². The molecular formula is C24H25N3O6S. The van der Waals surface area contributed by atoms with Crippen molar-refractivity contribution in [1.82, 2.24) is 10.9 Å². The molecule has 3 rings (SSSR count). The monoisotopic (exact) mass is 483 g/mol. The molecule has 0 aliphatic heterocycles. The lowest BCUT2D eigenvalue weighted by atomic mass is 10.2. The molecule has 0 aromatic heterocycles. The number of ether oxygens (including phenoxy) is 2. The first kappa shape index (κ1) is 24.6. The van der Waals surface area contributed by atoms with E-state index in [4.69, 9.17) is 9.47 Å². The molecule has 178 valence electrons. The summed E-state index contributed by atoms with van der Waals surface area (Å²) in [5, 5.41) is 0. The molecule has 0 radical (unpaired) electrons. The van der Waals surface area contributed by atoms with Gasteiger partial charge in [0.05, 0.1) is 11.5 Å². The maximum atomic E-state index is 12.6. The van der Waals surface area contributed by atoms with Crippen LogP contribution in [0.5, 0.6) is 11.5 Å². The molecule has 0 saturated heterocycles. The van der Waals surface area contributed by atoms with E-state index in [9.17, 15) is 18.0 Å². The van der Waals surface area contributed by atoms with Gasteiger partial charge in [-0.15, -0.1) is 0 Å². The second-order valence-corrected chi connectivity index (χ2v) is 8.88. The molecule has 0 heterocycles. The molecule has 10 heteroatoms. The van der Waals surface area contributed by atoms with E-state index in [1.54, 1.807) is 24.3 Å². The highest BCUT2D eigenvalue weighted by Gasteiger charge is 2.15. The highest BCUT2D eigenvalue weighted by atomic mass is 32.2. The Labute approximate surface area is 198 Å². The first-order valence-electron chi connectivity index (χ1n) is 10.4. The Morgan fingerprint density at radius 3 is 2.21 bits per heavy atom. The summed E-state index contributed by atoms with van der Waals surface area (Å²) in [4.78, 5) is 24.2. The molecule has 0 fully saturated rings. The topological polar surface area (TPSA) is 123 Å². The SMILES string of the molecule is CCOc1ccc(S(=O)(=O)Nc2ccc(C(=O)NNC(=O)COc3cccc(C)c3)cc2)cc1. The van der Waals surface area contributed by atoms with Gasteiger partial charge in [-0.1, -0.05) is 12.1 Å². The van der Waals surface area contributed by atoms with Crippen LogP contribution in [0.2, 0.25) is 0 Å². The first-order valence-corrected chi connectivity index (χ1v) is 11.9. The zero-order valence-electron chi connectivity index (χ0n) is 18.7. The van der Waals surface area contributed by atoms with Gasteiger partial charge in [0.2, 0.25) is 0 Å². The number of amides is 2. The lowest BCUT2D eigenvalue weighted by Gasteiger charge is -2.11. The second kappa shape index (κ2) is 11.2. The molecule has 0 aliphatic rings. The van der Waals surface area contributed by atoms with Crippen molar-refractivity contribution in [2.75, 3.05) is 17.9 Å². The van der Waals surface area contributed by atoms with Crippen LogP contribution >= 0.6 is 0 Å². The van der Waals surface area contributed by atoms with E-state index < -0.39 is 21.8 Å². The second-order valence-electron chi connectivity index (χ2n) is 7.19. The summed E-state index contributed by atoms with van der Waals surface area (Å²) in [6.07, 6.45) is 0. The van der Waals surface area contributed by atoms with Gasteiger partial charge in [0.15, 0.2) is 6.61 Å². The number of carbonyl (C=O) groups is 2. The van der Waals surface area contributed by atoms with Gasteiger partial charge in [-0.2, -0.15) is 0 Å². The Bertz CT molecular complexity index is 1240. The highest BCUT2D eigenvalue weighted by Crippen LogP contribution is 2.20. The van der Waals surface area contributed by atoms with Crippen LogP contribution in [0, 0.1) is 6.92 Å². The molecule has 3 N–H and O–H groups in total. The lowest BCUT2D eigenvalue weighted by molar-refractivity contribution is -0.123. The maximum absolute atomic E-state index is 12.6. The zero-order valence-corrected chi connectivity index (χ0v) is 19.5. The third-order valence-electron chi connectivity index (χ3n) is 4.52. The summed E-state index contributed by atoms with van der Waals surface area (Å²) in [6, 6.07) is 19.0. The first-order chi connectivity index (χ1) is 16.3. The van der Waals surface area contributed by atoms with E-state index in [0.29, 0.717) is 18.1 Å². The number of benzene rings is 3. The number of sulfonamides is 1.